The highest BCUT2D eigenvalue weighted by atomic mass is 19.1. The van der Waals surface area contributed by atoms with Crippen molar-refractivity contribution in [1.82, 2.24) is 10.2 Å². The Morgan fingerprint density at radius 1 is 1.32 bits per heavy atom. The molecule has 1 aromatic rings. The molecule has 2 saturated heterocycles. The van der Waals surface area contributed by atoms with Crippen LogP contribution in [0.15, 0.2) is 18.2 Å². The number of nitrogens with zero attached hydrogens (tertiary/aromatic N) is 2. The van der Waals surface area contributed by atoms with Gasteiger partial charge in [0.15, 0.2) is 11.6 Å². The molecule has 1 N–H and O–H groups in total. The molecule has 0 aliphatic carbocycles. The second kappa shape index (κ2) is 6.52. The summed E-state index contributed by atoms with van der Waals surface area (Å²) >= 11 is 0. The summed E-state index contributed by atoms with van der Waals surface area (Å²) in [7, 11) is 1.46. The average molecular weight is 307 g/mol. The highest BCUT2D eigenvalue weighted by Gasteiger charge is 2.29. The number of anilines is 1. The minimum absolute atomic E-state index is 0.130. The maximum absolute atomic E-state index is 13.8. The number of piperazine rings is 1. The molecule has 0 saturated carbocycles. The van der Waals surface area contributed by atoms with Crippen molar-refractivity contribution in [3.8, 4) is 5.75 Å². The Kier molecular flexibility index (Phi) is 4.47. The van der Waals surface area contributed by atoms with E-state index in [1.807, 2.05) is 11.0 Å². The van der Waals surface area contributed by atoms with E-state index in [1.54, 1.807) is 6.07 Å². The van der Waals surface area contributed by atoms with Gasteiger partial charge in [-0.3, -0.25) is 4.79 Å². The highest BCUT2D eigenvalue weighted by Crippen LogP contribution is 2.24. The second-order valence-corrected chi connectivity index (χ2v) is 5.82. The quantitative estimate of drug-likeness (QED) is 0.908. The lowest BCUT2D eigenvalue weighted by Gasteiger charge is -2.37. The Morgan fingerprint density at radius 3 is 2.68 bits per heavy atom. The third-order valence-corrected chi connectivity index (χ3v) is 4.50. The molecule has 1 aromatic carbocycles. The monoisotopic (exact) mass is 307 g/mol. The Balaban J connectivity index is 1.59. The number of halogens is 1. The van der Waals surface area contributed by atoms with E-state index in [9.17, 15) is 9.18 Å². The number of hydrogen-bond acceptors (Lipinski definition) is 4. The Hall–Kier alpha value is -1.82. The van der Waals surface area contributed by atoms with Gasteiger partial charge in [0.25, 0.3) is 0 Å². The largest absolute Gasteiger partial charge is 0.494 e. The van der Waals surface area contributed by atoms with Crippen LogP contribution in [-0.2, 0) is 4.79 Å². The van der Waals surface area contributed by atoms with Gasteiger partial charge in [0.2, 0.25) is 5.91 Å². The number of hydrogen-bond donors (Lipinski definition) is 1. The Bertz CT molecular complexity index is 538. The van der Waals surface area contributed by atoms with Crippen LogP contribution in [0, 0.1) is 11.7 Å². The van der Waals surface area contributed by atoms with Gasteiger partial charge < -0.3 is 19.9 Å². The van der Waals surface area contributed by atoms with Crippen LogP contribution < -0.4 is 15.0 Å². The first-order valence-electron chi connectivity index (χ1n) is 7.77. The Morgan fingerprint density at radius 2 is 2.09 bits per heavy atom. The van der Waals surface area contributed by atoms with Crippen LogP contribution in [-0.4, -0.2) is 57.2 Å². The molecule has 5 nitrogen and oxygen atoms in total. The fraction of sp³-hybridized carbons (Fsp3) is 0.562. The molecule has 0 unspecified atom stereocenters. The summed E-state index contributed by atoms with van der Waals surface area (Å²) in [5.41, 5.74) is 0.841. The van der Waals surface area contributed by atoms with E-state index in [0.29, 0.717) is 13.1 Å². The van der Waals surface area contributed by atoms with Crippen LogP contribution >= 0.6 is 0 Å². The first-order chi connectivity index (χ1) is 10.7. The van der Waals surface area contributed by atoms with Crippen LogP contribution in [0.4, 0.5) is 10.1 Å². The smallest absolute Gasteiger partial charge is 0.227 e. The van der Waals surface area contributed by atoms with Gasteiger partial charge in [0, 0.05) is 44.5 Å². The SMILES string of the molecule is COc1ccc(N2CCN(C(=O)[C@@H]3CCNC3)CC2)cc1F. The summed E-state index contributed by atoms with van der Waals surface area (Å²) in [6, 6.07) is 5.00. The molecular formula is C16H22FN3O2. The maximum Gasteiger partial charge on any atom is 0.227 e. The number of carbonyl (C=O) groups excluding carboxylic acids is 1. The molecule has 2 aliphatic heterocycles. The first-order valence-corrected chi connectivity index (χ1v) is 7.77. The van der Waals surface area contributed by atoms with E-state index >= 15 is 0 Å². The zero-order valence-corrected chi connectivity index (χ0v) is 12.8. The van der Waals surface area contributed by atoms with Gasteiger partial charge in [0.05, 0.1) is 13.0 Å². The summed E-state index contributed by atoms with van der Waals surface area (Å²) in [5, 5.41) is 3.23. The molecule has 1 amide bonds. The second-order valence-electron chi connectivity index (χ2n) is 5.82. The number of rotatable bonds is 3. The molecule has 0 bridgehead atoms. The lowest BCUT2D eigenvalue weighted by atomic mass is 10.1. The van der Waals surface area contributed by atoms with Gasteiger partial charge in [-0.15, -0.1) is 0 Å². The lowest BCUT2D eigenvalue weighted by Crippen LogP contribution is -2.50. The molecule has 120 valence electrons. The van der Waals surface area contributed by atoms with Crippen molar-refractivity contribution in [3.63, 3.8) is 0 Å². The third-order valence-electron chi connectivity index (χ3n) is 4.50. The fourth-order valence-corrected chi connectivity index (χ4v) is 3.16. The highest BCUT2D eigenvalue weighted by molar-refractivity contribution is 5.79. The van der Waals surface area contributed by atoms with Gasteiger partial charge in [0.1, 0.15) is 0 Å². The molecular weight excluding hydrogens is 285 g/mol. The predicted molar refractivity (Wildman–Crippen MR) is 82.7 cm³/mol. The normalized spacial score (nSPS) is 22.0. The summed E-state index contributed by atoms with van der Waals surface area (Å²) in [6.45, 7) is 4.59. The molecule has 2 fully saturated rings. The molecule has 22 heavy (non-hydrogen) atoms. The van der Waals surface area contributed by atoms with Gasteiger partial charge >= 0.3 is 0 Å². The van der Waals surface area contributed by atoms with Crippen LogP contribution in [0.2, 0.25) is 0 Å². The molecule has 2 heterocycles. The van der Waals surface area contributed by atoms with Crippen molar-refractivity contribution in [2.75, 3.05) is 51.3 Å². The predicted octanol–water partition coefficient (Wildman–Crippen LogP) is 1.09. The zero-order valence-electron chi connectivity index (χ0n) is 12.8. The van der Waals surface area contributed by atoms with Crippen molar-refractivity contribution in [2.45, 2.75) is 6.42 Å². The van der Waals surface area contributed by atoms with Gasteiger partial charge in [-0.25, -0.2) is 4.39 Å². The minimum Gasteiger partial charge on any atom is -0.494 e. The number of nitrogens with one attached hydrogen (secondary N) is 1. The van der Waals surface area contributed by atoms with Crippen LogP contribution in [0.1, 0.15) is 6.42 Å². The maximum atomic E-state index is 13.8. The van der Waals surface area contributed by atoms with Gasteiger partial charge in [-0.2, -0.15) is 0 Å². The number of carbonyl (C=O) groups is 1. The van der Waals surface area contributed by atoms with E-state index < -0.39 is 0 Å². The number of ether oxygens (including phenoxy) is 1. The van der Waals surface area contributed by atoms with Crippen molar-refractivity contribution < 1.29 is 13.9 Å². The van der Waals surface area contributed by atoms with Gasteiger partial charge in [-0.1, -0.05) is 0 Å². The fourth-order valence-electron chi connectivity index (χ4n) is 3.16. The standard InChI is InChI=1S/C16H22FN3O2/c1-22-15-3-2-13(10-14(15)17)19-6-8-20(9-7-19)16(21)12-4-5-18-11-12/h2-3,10,12,18H,4-9,11H2,1H3/t12-/m1/s1. The van der Waals surface area contributed by atoms with E-state index in [2.05, 4.69) is 10.2 Å². The lowest BCUT2D eigenvalue weighted by molar-refractivity contribution is -0.135. The van der Waals surface area contributed by atoms with Crippen molar-refractivity contribution in [1.29, 1.82) is 0 Å². The molecule has 0 spiro atoms. The van der Waals surface area contributed by atoms with Crippen molar-refractivity contribution >= 4 is 11.6 Å². The minimum atomic E-state index is -0.351. The van der Waals surface area contributed by atoms with Crippen molar-refractivity contribution in [2.24, 2.45) is 5.92 Å². The number of amides is 1. The van der Waals surface area contributed by atoms with E-state index in [0.717, 1.165) is 38.3 Å². The summed E-state index contributed by atoms with van der Waals surface area (Å²) in [6.07, 6.45) is 0.933. The number of benzene rings is 1. The molecule has 2 aliphatic rings. The van der Waals surface area contributed by atoms with Crippen LogP contribution in [0.3, 0.4) is 0 Å². The van der Waals surface area contributed by atoms with Crippen molar-refractivity contribution in [3.05, 3.63) is 24.0 Å². The number of methoxy groups -OCH3 is 1. The molecule has 3 rings (SSSR count). The van der Waals surface area contributed by atoms with Crippen LogP contribution in [0.25, 0.3) is 0 Å². The molecule has 6 heteroatoms. The first kappa shape index (κ1) is 15.1. The van der Waals surface area contributed by atoms with Crippen LogP contribution in [0.5, 0.6) is 5.75 Å². The van der Waals surface area contributed by atoms with E-state index in [-0.39, 0.29) is 23.4 Å². The average Bonchev–Trinajstić information content (AvgIpc) is 3.09. The molecule has 0 radical (unpaired) electrons. The van der Waals surface area contributed by atoms with Gasteiger partial charge in [-0.05, 0) is 25.1 Å². The summed E-state index contributed by atoms with van der Waals surface area (Å²) in [4.78, 5) is 16.4. The van der Waals surface area contributed by atoms with E-state index in [1.165, 1.54) is 13.2 Å². The topological polar surface area (TPSA) is 44.8 Å². The third kappa shape index (κ3) is 3.02. The Labute approximate surface area is 130 Å². The molecule has 1 atom stereocenters. The summed E-state index contributed by atoms with van der Waals surface area (Å²) < 4.78 is 18.7. The summed E-state index contributed by atoms with van der Waals surface area (Å²) in [5.74, 6) is 0.289. The zero-order chi connectivity index (χ0) is 15.5. The van der Waals surface area contributed by atoms with E-state index in [4.69, 9.17) is 4.74 Å². The molecule has 0 aromatic heterocycles.